The Morgan fingerprint density at radius 3 is 0.500 bits per heavy atom. The van der Waals surface area contributed by atoms with Crippen molar-refractivity contribution in [3.63, 3.8) is 0 Å². The highest BCUT2D eigenvalue weighted by Gasteiger charge is 2.63. The van der Waals surface area contributed by atoms with Crippen LogP contribution in [-0.2, 0) is 0 Å². The Labute approximate surface area is 816 Å². The monoisotopic (exact) mass is 2040 g/mol. The van der Waals surface area contributed by atoms with Crippen LogP contribution in [0.2, 0.25) is 0 Å². The van der Waals surface area contributed by atoms with E-state index in [4.69, 9.17) is 0 Å². The fourth-order valence-electron chi connectivity index (χ4n) is 19.1. The van der Waals surface area contributed by atoms with Gasteiger partial charge in [-0.25, -0.2) is 4.39 Å². The molecule has 0 bridgehead atoms. The van der Waals surface area contributed by atoms with Gasteiger partial charge in [-0.15, -0.1) is 0 Å². The van der Waals surface area contributed by atoms with Crippen molar-refractivity contribution in [2.45, 2.75) is 574 Å². The van der Waals surface area contributed by atoms with Crippen molar-refractivity contribution >= 4 is 0 Å². The molecule has 838 valence electrons. The van der Waals surface area contributed by atoms with E-state index in [1.165, 1.54) is 82.1 Å². The zero-order valence-corrected chi connectivity index (χ0v) is 95.4. The molecule has 0 aliphatic carbocycles. The molecule has 0 aromatic rings. The first-order valence-corrected chi connectivity index (χ1v) is 51.4. The largest absolute Gasteiger partial charge is 0.394 e. The van der Waals surface area contributed by atoms with E-state index < -0.39 is 121 Å². The minimum atomic E-state index is -4.12. The normalized spacial score (nSPS) is 16.5. The van der Waals surface area contributed by atoms with Crippen molar-refractivity contribution in [3.8, 4) is 0 Å². The van der Waals surface area contributed by atoms with Crippen LogP contribution in [0.15, 0.2) is 0 Å². The SMILES string of the molecule is CC(C)C(C(C)C)C(C)(C)C(F)(F)F.CCC(C)(CC)C(C)(C)C.CCC(C)(CC)C(F)(F)F.CCC(C)(CC)[C@](C)(CC)C(F)(F)F.CCC(CC)[C@](C)(CC)C(F)(F)F.CCCC(C)(F)CCC.CCC[C@@](C)(C(CC)CC)C(F)(F)F.CCC[C@](C)(C(F)(F)F)C(C)(CC)CC.CCC[C@](C)(CC)C(F)(F)F.CC[C@@](C)(C(C(C)C)C(C)C)C(F)(F)F.CC[C@@](C)(C(C)C)C(F)(F)F. The van der Waals surface area contributed by atoms with Crippen LogP contribution in [0.4, 0.5) is 123 Å². The molecule has 0 N–H and O–H groups in total. The van der Waals surface area contributed by atoms with Gasteiger partial charge >= 0.3 is 55.6 Å². The Bertz CT molecular complexity index is 2820. The third kappa shape index (κ3) is 47.3. The van der Waals surface area contributed by atoms with Gasteiger partial charge in [0.05, 0.1) is 48.7 Å². The minimum Gasteiger partial charge on any atom is -0.244 e. The molecular formula is C108H210F28. The quantitative estimate of drug-likeness (QED) is 0.0541. The lowest BCUT2D eigenvalue weighted by atomic mass is 9.60. The number of hydrogen-bond donors (Lipinski definition) is 0. The van der Waals surface area contributed by atoms with Crippen molar-refractivity contribution in [1.29, 1.82) is 0 Å². The lowest BCUT2D eigenvalue weighted by Crippen LogP contribution is -2.48. The Kier molecular flexibility index (Phi) is 74.0. The van der Waals surface area contributed by atoms with Gasteiger partial charge in [0.1, 0.15) is 5.67 Å². The second-order valence-electron chi connectivity index (χ2n) is 44.6. The highest BCUT2D eigenvalue weighted by molar-refractivity contribution is 4.99. The van der Waals surface area contributed by atoms with Crippen LogP contribution in [0.1, 0.15) is 513 Å². The second kappa shape index (κ2) is 64.2. The van der Waals surface area contributed by atoms with Gasteiger partial charge in [-0.05, 0) is 185 Å². The molecule has 7 atom stereocenters. The zero-order chi connectivity index (χ0) is 113. The van der Waals surface area contributed by atoms with Gasteiger partial charge in [0.25, 0.3) is 0 Å². The predicted octanol–water partition coefficient (Wildman–Crippen LogP) is 46.5. The summed E-state index contributed by atoms with van der Waals surface area (Å²) in [5.74, 6) is -1.30. The summed E-state index contributed by atoms with van der Waals surface area (Å²) in [4.78, 5) is 0. The Hall–Kier alpha value is -1.96. The predicted molar refractivity (Wildman–Crippen MR) is 524 cm³/mol. The highest BCUT2D eigenvalue weighted by atomic mass is 19.4. The first kappa shape index (κ1) is 157. The molecule has 0 aromatic heterocycles. The van der Waals surface area contributed by atoms with E-state index in [0.717, 1.165) is 12.8 Å². The molecule has 0 radical (unpaired) electrons. The summed E-state index contributed by atoms with van der Waals surface area (Å²) in [5, 5.41) is 0. The molecule has 0 nitrogen and oxygen atoms in total. The second-order valence-corrected chi connectivity index (χ2v) is 44.6. The number of halogens is 28. The maximum atomic E-state index is 13.2. The number of alkyl halides is 28. The van der Waals surface area contributed by atoms with E-state index in [-0.39, 0.29) is 117 Å². The molecule has 0 aliphatic heterocycles. The molecule has 0 saturated carbocycles. The smallest absolute Gasteiger partial charge is 0.244 e. The fourth-order valence-corrected chi connectivity index (χ4v) is 19.1. The van der Waals surface area contributed by atoms with Gasteiger partial charge in [-0.3, -0.25) is 0 Å². The topological polar surface area (TPSA) is 0 Å². The molecule has 0 aromatic carbocycles. The van der Waals surface area contributed by atoms with E-state index in [1.807, 2.05) is 138 Å². The van der Waals surface area contributed by atoms with E-state index in [0.29, 0.717) is 94.3 Å². The zero-order valence-electron chi connectivity index (χ0n) is 95.4. The maximum absolute atomic E-state index is 13.2. The van der Waals surface area contributed by atoms with Crippen molar-refractivity contribution in [3.05, 3.63) is 0 Å². The van der Waals surface area contributed by atoms with Crippen molar-refractivity contribution in [2.24, 2.45) is 124 Å². The number of hydrogen-bond acceptors (Lipinski definition) is 0. The molecule has 0 unspecified atom stereocenters. The molecule has 0 amide bonds. The highest BCUT2D eigenvalue weighted by Crippen LogP contribution is 2.60. The summed E-state index contributed by atoms with van der Waals surface area (Å²) in [6.45, 7) is 85.9. The van der Waals surface area contributed by atoms with Crippen LogP contribution in [0.5, 0.6) is 0 Å². The molecular weight excluding hydrogens is 1830 g/mol. The molecule has 28 heteroatoms. The van der Waals surface area contributed by atoms with Gasteiger partial charge in [-0.1, -0.05) is 403 Å². The van der Waals surface area contributed by atoms with Gasteiger partial charge in [0, 0.05) is 0 Å². The summed E-state index contributed by atoms with van der Waals surface area (Å²) in [5.41, 5.74) is -15.0. The van der Waals surface area contributed by atoms with Gasteiger partial charge in [-0.2, -0.15) is 119 Å². The number of rotatable bonds is 38. The third-order valence-electron chi connectivity index (χ3n) is 33.7. The van der Waals surface area contributed by atoms with Gasteiger partial charge in [0.2, 0.25) is 0 Å². The first-order valence-electron chi connectivity index (χ1n) is 51.4. The Morgan fingerprint density at radius 2 is 0.404 bits per heavy atom. The fraction of sp³-hybridized carbons (Fsp3) is 1.00. The molecule has 0 aliphatic rings. The van der Waals surface area contributed by atoms with Crippen LogP contribution in [0.3, 0.4) is 0 Å². The van der Waals surface area contributed by atoms with Crippen molar-refractivity contribution in [1.82, 2.24) is 0 Å². The van der Waals surface area contributed by atoms with Crippen LogP contribution in [0, 0.1) is 124 Å². The van der Waals surface area contributed by atoms with Crippen LogP contribution < -0.4 is 0 Å². The summed E-state index contributed by atoms with van der Waals surface area (Å²) < 4.78 is 356. The van der Waals surface area contributed by atoms with E-state index in [1.54, 1.807) is 90.0 Å². The third-order valence-corrected chi connectivity index (χ3v) is 33.7. The van der Waals surface area contributed by atoms with Crippen LogP contribution >= 0.6 is 0 Å². The molecule has 136 heavy (non-hydrogen) atoms. The van der Waals surface area contributed by atoms with Gasteiger partial charge in [0.15, 0.2) is 0 Å². The van der Waals surface area contributed by atoms with Crippen LogP contribution in [0.25, 0.3) is 0 Å². The van der Waals surface area contributed by atoms with Crippen molar-refractivity contribution in [2.75, 3.05) is 0 Å². The average molecular weight is 2040 g/mol. The summed E-state index contributed by atoms with van der Waals surface area (Å²) in [6, 6.07) is 0. The Balaban J connectivity index is -0.000000141. The Morgan fingerprint density at radius 1 is 0.176 bits per heavy atom. The minimum absolute atomic E-state index is 0.0478. The molecule has 0 heterocycles. The summed E-state index contributed by atoms with van der Waals surface area (Å²) in [7, 11) is 0. The first-order chi connectivity index (χ1) is 60.1. The average Bonchev–Trinajstić information content (AvgIpc) is 0.797. The van der Waals surface area contributed by atoms with E-state index >= 15 is 0 Å². The van der Waals surface area contributed by atoms with E-state index in [9.17, 15) is 123 Å². The summed E-state index contributed by atoms with van der Waals surface area (Å²) in [6.07, 6.45) is -22.6. The molecule has 0 rings (SSSR count). The maximum Gasteiger partial charge on any atom is 0.394 e. The molecule has 0 spiro atoms. The van der Waals surface area contributed by atoms with Crippen molar-refractivity contribution < 1.29 is 123 Å². The molecule has 0 fully saturated rings. The van der Waals surface area contributed by atoms with Gasteiger partial charge < -0.3 is 0 Å². The van der Waals surface area contributed by atoms with E-state index in [2.05, 4.69) is 41.5 Å². The van der Waals surface area contributed by atoms with Crippen LogP contribution in [-0.4, -0.2) is 61.3 Å². The lowest BCUT2D eigenvalue weighted by Gasteiger charge is -2.47. The molecule has 0 saturated heterocycles. The summed E-state index contributed by atoms with van der Waals surface area (Å²) >= 11 is 0. The lowest BCUT2D eigenvalue weighted by molar-refractivity contribution is -0.261. The standard InChI is InChI=1S/2C12H23F3.3C11H21F3.C10H19F3.C10H22.2C8H15F3.C8H17F.C7H13F3/c1-7-11(6,12(13,14)15)10(8(2)3)9(4)5;1-6-9-11(5,12(13,14)15)10(4,7-2)8-3;1-7(2)9(8(3)4)10(5,6)11(12,13)14;1-6-9(4,7-2)10(5,8-3)11(12,13)14;1-5-8-10(4,11(12,13)14)9(6-2)7-3;1-5-8(6-2)9(4,7-3)10(11,12)13;1-7-10(6,8-2)9(3,4)5;1-5-7(4,6(2)3)8(9,10)11;1-4-6-7(3,5-2)8(9,10)11;1-4-6-8(3,9)7-5-2;1-4-6(3,5-2)7(8,9)10/h8-10H,7H2,1-6H3;6-9H2,1-5H3;7-9H,1-6H3;6-8H2,1-5H3;9H,5-8H2,1-4H3;8H,5-7H2,1-4H3;7-8H2,1-6H3;6H,5H2,1-4H3;4-6H2,1-3H3;4-7H2,1-3H3;4-5H2,1-3H3/t2*11-;;2*10-;9-;;2*7-;;/m00.000.00../s1.